The monoisotopic (exact) mass is 218 g/mol. The largest absolute Gasteiger partial charge is 0.382 e. The van der Waals surface area contributed by atoms with Crippen LogP contribution in [-0.4, -0.2) is 28.8 Å². The normalized spacial score (nSPS) is 21.2. The molecule has 1 unspecified atom stereocenters. The third-order valence-corrected chi connectivity index (χ3v) is 3.01. The minimum absolute atomic E-state index is 0.0386. The zero-order valence-corrected chi connectivity index (χ0v) is 9.61. The number of hydrogen-bond acceptors (Lipinski definition) is 3. The molecular formula is C12H18N4. The molecule has 4 nitrogen and oxygen atoms in total. The Labute approximate surface area is 96.0 Å². The topological polar surface area (TPSA) is 66.0 Å². The summed E-state index contributed by atoms with van der Waals surface area (Å²) in [6, 6.07) is 3.90. The zero-order valence-electron chi connectivity index (χ0n) is 9.61. The number of pyridine rings is 1. The van der Waals surface area contributed by atoms with Gasteiger partial charge in [0.1, 0.15) is 11.5 Å². The van der Waals surface area contributed by atoms with E-state index in [-0.39, 0.29) is 5.84 Å². The third kappa shape index (κ3) is 2.58. The number of aromatic nitrogens is 1. The van der Waals surface area contributed by atoms with Crippen LogP contribution in [0.4, 0.5) is 0 Å². The summed E-state index contributed by atoms with van der Waals surface area (Å²) in [5, 5.41) is 7.35. The van der Waals surface area contributed by atoms with Crippen molar-refractivity contribution in [3.05, 3.63) is 29.6 Å². The van der Waals surface area contributed by atoms with E-state index in [4.69, 9.17) is 11.1 Å². The van der Waals surface area contributed by atoms with Gasteiger partial charge >= 0.3 is 0 Å². The van der Waals surface area contributed by atoms with Crippen molar-refractivity contribution in [1.29, 1.82) is 5.41 Å². The first-order valence-electron chi connectivity index (χ1n) is 5.67. The lowest BCUT2D eigenvalue weighted by Crippen LogP contribution is -2.20. The first kappa shape index (κ1) is 11.1. The smallest absolute Gasteiger partial charge is 0.141 e. The van der Waals surface area contributed by atoms with Crippen molar-refractivity contribution in [2.45, 2.75) is 19.9 Å². The Kier molecular flexibility index (Phi) is 3.19. The molecule has 0 amide bonds. The Morgan fingerprint density at radius 1 is 1.69 bits per heavy atom. The van der Waals surface area contributed by atoms with Crippen molar-refractivity contribution in [2.75, 3.05) is 13.1 Å². The molecule has 1 aliphatic heterocycles. The van der Waals surface area contributed by atoms with Crippen molar-refractivity contribution in [3.63, 3.8) is 0 Å². The highest BCUT2D eigenvalue weighted by Gasteiger charge is 2.18. The van der Waals surface area contributed by atoms with E-state index in [1.807, 2.05) is 12.1 Å². The summed E-state index contributed by atoms with van der Waals surface area (Å²) in [6.07, 6.45) is 3.01. The van der Waals surface area contributed by atoms with Crippen molar-refractivity contribution < 1.29 is 0 Å². The molecule has 4 heteroatoms. The Bertz CT molecular complexity index is 388. The molecule has 1 aromatic heterocycles. The molecule has 0 aromatic carbocycles. The van der Waals surface area contributed by atoms with Gasteiger partial charge in [0.25, 0.3) is 0 Å². The highest BCUT2D eigenvalue weighted by Crippen LogP contribution is 2.17. The second kappa shape index (κ2) is 4.61. The number of nitrogens with zero attached hydrogens (tertiary/aromatic N) is 2. The minimum atomic E-state index is 0.0386. The van der Waals surface area contributed by atoms with Crippen molar-refractivity contribution in [2.24, 2.45) is 11.7 Å². The number of nitrogen functional groups attached to an aromatic ring is 1. The van der Waals surface area contributed by atoms with E-state index < -0.39 is 0 Å². The predicted molar refractivity (Wildman–Crippen MR) is 64.3 cm³/mol. The molecule has 0 spiro atoms. The van der Waals surface area contributed by atoms with Crippen LogP contribution in [0.25, 0.3) is 0 Å². The summed E-state index contributed by atoms with van der Waals surface area (Å²) < 4.78 is 0. The second-order valence-electron chi connectivity index (χ2n) is 4.59. The Morgan fingerprint density at radius 3 is 3.12 bits per heavy atom. The fourth-order valence-corrected chi connectivity index (χ4v) is 2.15. The summed E-state index contributed by atoms with van der Waals surface area (Å²) in [6.45, 7) is 5.55. The maximum atomic E-state index is 7.35. The average molecular weight is 218 g/mol. The van der Waals surface area contributed by atoms with Crippen LogP contribution in [0.2, 0.25) is 0 Å². The maximum absolute atomic E-state index is 7.35. The van der Waals surface area contributed by atoms with Gasteiger partial charge in [-0.05, 0) is 36.6 Å². The quantitative estimate of drug-likeness (QED) is 0.592. The fraction of sp³-hybridized carbons (Fsp3) is 0.500. The first-order valence-corrected chi connectivity index (χ1v) is 5.67. The van der Waals surface area contributed by atoms with Gasteiger partial charge in [-0.2, -0.15) is 0 Å². The van der Waals surface area contributed by atoms with Crippen LogP contribution in [-0.2, 0) is 6.54 Å². The molecule has 3 N–H and O–H groups in total. The molecule has 1 saturated heterocycles. The van der Waals surface area contributed by atoms with Crippen molar-refractivity contribution >= 4 is 5.84 Å². The van der Waals surface area contributed by atoms with Gasteiger partial charge in [0.2, 0.25) is 0 Å². The van der Waals surface area contributed by atoms with Gasteiger partial charge in [-0.1, -0.05) is 6.92 Å². The molecule has 2 heterocycles. The number of rotatable bonds is 3. The molecule has 16 heavy (non-hydrogen) atoms. The lowest BCUT2D eigenvalue weighted by Gasteiger charge is -2.15. The van der Waals surface area contributed by atoms with E-state index in [2.05, 4.69) is 16.8 Å². The van der Waals surface area contributed by atoms with Gasteiger partial charge in [0, 0.05) is 19.3 Å². The Morgan fingerprint density at radius 2 is 2.50 bits per heavy atom. The minimum Gasteiger partial charge on any atom is -0.382 e. The summed E-state index contributed by atoms with van der Waals surface area (Å²) in [4.78, 5) is 6.49. The fourth-order valence-electron chi connectivity index (χ4n) is 2.15. The highest BCUT2D eigenvalue weighted by atomic mass is 15.1. The summed E-state index contributed by atoms with van der Waals surface area (Å²) in [5.41, 5.74) is 7.18. The van der Waals surface area contributed by atoms with Gasteiger partial charge in [0.15, 0.2) is 0 Å². The van der Waals surface area contributed by atoms with E-state index in [1.165, 1.54) is 18.5 Å². The van der Waals surface area contributed by atoms with E-state index >= 15 is 0 Å². The number of nitrogens with two attached hydrogens (primary N) is 1. The van der Waals surface area contributed by atoms with Crippen LogP contribution in [0.15, 0.2) is 18.3 Å². The Balaban J connectivity index is 2.04. The standard InChI is InChI=1S/C12H18N4/c1-9-3-5-16(7-9)8-10-2-4-15-11(6-10)12(13)14/h2,4,6,9H,3,5,7-8H2,1H3,(H3,13,14). The number of amidine groups is 1. The van der Waals surface area contributed by atoms with Crippen LogP contribution in [0.5, 0.6) is 0 Å². The molecule has 2 rings (SSSR count). The molecular weight excluding hydrogens is 200 g/mol. The summed E-state index contributed by atoms with van der Waals surface area (Å²) >= 11 is 0. The Hall–Kier alpha value is -1.42. The van der Waals surface area contributed by atoms with Gasteiger partial charge in [-0.15, -0.1) is 0 Å². The third-order valence-electron chi connectivity index (χ3n) is 3.01. The van der Waals surface area contributed by atoms with Crippen LogP contribution in [0, 0.1) is 11.3 Å². The van der Waals surface area contributed by atoms with Crippen molar-refractivity contribution in [1.82, 2.24) is 9.88 Å². The van der Waals surface area contributed by atoms with Crippen molar-refractivity contribution in [3.8, 4) is 0 Å². The van der Waals surface area contributed by atoms with Gasteiger partial charge in [-0.3, -0.25) is 15.3 Å². The van der Waals surface area contributed by atoms with Gasteiger partial charge < -0.3 is 5.73 Å². The van der Waals surface area contributed by atoms with E-state index in [9.17, 15) is 0 Å². The van der Waals surface area contributed by atoms with Crippen LogP contribution in [0.1, 0.15) is 24.6 Å². The number of likely N-dealkylation sites (tertiary alicyclic amines) is 1. The molecule has 0 saturated carbocycles. The molecule has 1 aliphatic rings. The second-order valence-corrected chi connectivity index (χ2v) is 4.59. The molecule has 1 fully saturated rings. The summed E-state index contributed by atoms with van der Waals surface area (Å²) in [7, 11) is 0. The average Bonchev–Trinajstić information content (AvgIpc) is 2.64. The lowest BCUT2D eigenvalue weighted by atomic mass is 10.2. The maximum Gasteiger partial charge on any atom is 0.141 e. The SMILES string of the molecule is CC1CCN(Cc2ccnc(C(=N)N)c2)C1. The lowest BCUT2D eigenvalue weighted by molar-refractivity contribution is 0.320. The zero-order chi connectivity index (χ0) is 11.5. The molecule has 0 radical (unpaired) electrons. The van der Waals surface area contributed by atoms with Crippen LogP contribution < -0.4 is 5.73 Å². The van der Waals surface area contributed by atoms with E-state index in [1.54, 1.807) is 6.20 Å². The molecule has 0 aliphatic carbocycles. The van der Waals surface area contributed by atoms with Gasteiger partial charge in [0.05, 0.1) is 0 Å². The van der Waals surface area contributed by atoms with Crippen LogP contribution >= 0.6 is 0 Å². The molecule has 86 valence electrons. The van der Waals surface area contributed by atoms with Crippen LogP contribution in [0.3, 0.4) is 0 Å². The van der Waals surface area contributed by atoms with Gasteiger partial charge in [-0.25, -0.2) is 0 Å². The summed E-state index contributed by atoms with van der Waals surface area (Å²) in [5.74, 6) is 0.839. The van der Waals surface area contributed by atoms with E-state index in [0.717, 1.165) is 19.0 Å². The predicted octanol–water partition coefficient (Wildman–Crippen LogP) is 1.21. The van der Waals surface area contributed by atoms with E-state index in [0.29, 0.717) is 5.69 Å². The highest BCUT2D eigenvalue weighted by molar-refractivity contribution is 5.93. The molecule has 0 bridgehead atoms. The number of nitrogens with one attached hydrogen (secondary N) is 1. The molecule has 1 aromatic rings. The first-order chi connectivity index (χ1) is 7.65. The number of hydrogen-bond donors (Lipinski definition) is 2. The molecule has 1 atom stereocenters.